The van der Waals surface area contributed by atoms with Gasteiger partial charge in [0.1, 0.15) is 0 Å². The van der Waals surface area contributed by atoms with Gasteiger partial charge in [-0.05, 0) is 44.5 Å². The molecule has 0 spiro atoms. The number of aliphatic hydroxyl groups excluding tert-OH is 1. The van der Waals surface area contributed by atoms with Crippen LogP contribution in [0.25, 0.3) is 0 Å². The van der Waals surface area contributed by atoms with Crippen molar-refractivity contribution in [3.05, 3.63) is 30.1 Å². The predicted octanol–water partition coefficient (Wildman–Crippen LogP) is 1.36. The highest BCUT2D eigenvalue weighted by atomic mass is 16.3. The van der Waals surface area contributed by atoms with Gasteiger partial charge in [0.15, 0.2) is 0 Å². The summed E-state index contributed by atoms with van der Waals surface area (Å²) in [6, 6.07) is 5.20. The largest absolute Gasteiger partial charge is 0.396 e. The van der Waals surface area contributed by atoms with E-state index < -0.39 is 0 Å². The molecule has 0 saturated carbocycles. The van der Waals surface area contributed by atoms with Crippen LogP contribution in [0.3, 0.4) is 0 Å². The number of likely N-dealkylation sites (N-methyl/N-ethyl adjacent to an activating group) is 1. The Labute approximate surface area is 116 Å². The quantitative estimate of drug-likeness (QED) is 0.890. The van der Waals surface area contributed by atoms with Crippen molar-refractivity contribution in [3.8, 4) is 0 Å². The minimum Gasteiger partial charge on any atom is -0.396 e. The Morgan fingerprint density at radius 2 is 2.11 bits per heavy atom. The molecular formula is C15H25N3O. The Balaban J connectivity index is 2.01. The highest BCUT2D eigenvalue weighted by Crippen LogP contribution is 2.18. The lowest BCUT2D eigenvalue weighted by Crippen LogP contribution is -2.42. The first-order valence-electron chi connectivity index (χ1n) is 7.14. The Kier molecular flexibility index (Phi) is 5.31. The molecule has 0 amide bonds. The number of aromatic nitrogens is 1. The zero-order valence-corrected chi connectivity index (χ0v) is 12.0. The smallest absolute Gasteiger partial charge is 0.0446 e. The van der Waals surface area contributed by atoms with Gasteiger partial charge in [-0.3, -0.25) is 14.8 Å². The molecule has 2 unspecified atom stereocenters. The summed E-state index contributed by atoms with van der Waals surface area (Å²) >= 11 is 0. The van der Waals surface area contributed by atoms with Crippen molar-refractivity contribution in [1.82, 2.24) is 14.8 Å². The van der Waals surface area contributed by atoms with Crippen LogP contribution in [0.1, 0.15) is 25.3 Å². The standard InChI is InChI=1S/C15H25N3O/c1-13-5-9-18(11-14-3-7-16-8-4-14)12-15(6-10-19)17(13)2/h3-4,7-8,13,15,19H,5-6,9-12H2,1-2H3. The molecule has 1 aromatic heterocycles. The van der Waals surface area contributed by atoms with Gasteiger partial charge in [0.2, 0.25) is 0 Å². The van der Waals surface area contributed by atoms with Crippen molar-refractivity contribution in [2.24, 2.45) is 0 Å². The van der Waals surface area contributed by atoms with E-state index in [2.05, 4.69) is 40.9 Å². The first-order chi connectivity index (χ1) is 9.20. The molecule has 0 bridgehead atoms. The molecule has 4 nitrogen and oxygen atoms in total. The number of hydrogen-bond acceptors (Lipinski definition) is 4. The molecule has 106 valence electrons. The van der Waals surface area contributed by atoms with E-state index in [0.717, 1.165) is 26.1 Å². The van der Waals surface area contributed by atoms with Crippen molar-refractivity contribution in [3.63, 3.8) is 0 Å². The fourth-order valence-electron chi connectivity index (χ4n) is 2.79. The Bertz CT molecular complexity index is 371. The van der Waals surface area contributed by atoms with Gasteiger partial charge in [-0.1, -0.05) is 0 Å². The summed E-state index contributed by atoms with van der Waals surface area (Å²) in [6.45, 7) is 5.68. The maximum Gasteiger partial charge on any atom is 0.0446 e. The molecule has 1 N–H and O–H groups in total. The lowest BCUT2D eigenvalue weighted by atomic mass is 10.1. The van der Waals surface area contributed by atoms with Gasteiger partial charge >= 0.3 is 0 Å². The maximum atomic E-state index is 9.24. The van der Waals surface area contributed by atoms with Gasteiger partial charge in [0, 0.05) is 50.7 Å². The summed E-state index contributed by atoms with van der Waals surface area (Å²) in [4.78, 5) is 8.98. The van der Waals surface area contributed by atoms with E-state index in [-0.39, 0.29) is 6.61 Å². The Morgan fingerprint density at radius 1 is 1.37 bits per heavy atom. The zero-order valence-electron chi connectivity index (χ0n) is 12.0. The van der Waals surface area contributed by atoms with Crippen molar-refractivity contribution in [1.29, 1.82) is 0 Å². The van der Waals surface area contributed by atoms with E-state index >= 15 is 0 Å². The topological polar surface area (TPSA) is 39.6 Å². The molecular weight excluding hydrogens is 238 g/mol. The normalized spacial score (nSPS) is 26.3. The van der Waals surface area contributed by atoms with Crippen LogP contribution in [0.15, 0.2) is 24.5 Å². The molecule has 19 heavy (non-hydrogen) atoms. The zero-order chi connectivity index (χ0) is 13.7. The SMILES string of the molecule is CC1CCN(Cc2ccncc2)CC(CCO)N1C. The highest BCUT2D eigenvalue weighted by Gasteiger charge is 2.26. The maximum absolute atomic E-state index is 9.24. The fourth-order valence-corrected chi connectivity index (χ4v) is 2.79. The third-order valence-corrected chi connectivity index (χ3v) is 4.22. The molecule has 1 aliphatic heterocycles. The first-order valence-corrected chi connectivity index (χ1v) is 7.14. The second-order valence-electron chi connectivity index (χ2n) is 5.56. The van der Waals surface area contributed by atoms with E-state index in [4.69, 9.17) is 0 Å². The van der Waals surface area contributed by atoms with Gasteiger partial charge in [-0.2, -0.15) is 0 Å². The number of rotatable bonds is 4. The Hall–Kier alpha value is -0.970. The van der Waals surface area contributed by atoms with Gasteiger partial charge in [0.05, 0.1) is 0 Å². The van der Waals surface area contributed by atoms with Gasteiger partial charge < -0.3 is 5.11 Å². The molecule has 0 aromatic carbocycles. The monoisotopic (exact) mass is 263 g/mol. The molecule has 2 atom stereocenters. The molecule has 2 rings (SSSR count). The minimum absolute atomic E-state index is 0.269. The van der Waals surface area contributed by atoms with E-state index in [0.29, 0.717) is 12.1 Å². The Morgan fingerprint density at radius 3 is 2.79 bits per heavy atom. The summed E-state index contributed by atoms with van der Waals surface area (Å²) in [5.74, 6) is 0. The summed E-state index contributed by atoms with van der Waals surface area (Å²) in [5, 5.41) is 9.24. The summed E-state index contributed by atoms with van der Waals surface area (Å²) in [5.41, 5.74) is 1.31. The van der Waals surface area contributed by atoms with E-state index in [1.54, 1.807) is 0 Å². The molecule has 0 aliphatic carbocycles. The van der Waals surface area contributed by atoms with Gasteiger partial charge in [0.25, 0.3) is 0 Å². The summed E-state index contributed by atoms with van der Waals surface area (Å²) in [7, 11) is 2.18. The molecule has 2 heterocycles. The summed E-state index contributed by atoms with van der Waals surface area (Å²) in [6.07, 6.45) is 5.75. The van der Waals surface area contributed by atoms with Crippen molar-refractivity contribution in [2.45, 2.75) is 38.4 Å². The van der Waals surface area contributed by atoms with E-state index in [9.17, 15) is 5.11 Å². The number of aliphatic hydroxyl groups is 1. The summed E-state index contributed by atoms with van der Waals surface area (Å²) < 4.78 is 0. The molecule has 0 radical (unpaired) electrons. The van der Waals surface area contributed by atoms with E-state index in [1.807, 2.05) is 12.4 Å². The lowest BCUT2D eigenvalue weighted by molar-refractivity contribution is 0.139. The van der Waals surface area contributed by atoms with Crippen LogP contribution in [0.4, 0.5) is 0 Å². The molecule has 1 aromatic rings. The third kappa shape index (κ3) is 4.00. The number of pyridine rings is 1. The number of hydrogen-bond donors (Lipinski definition) is 1. The van der Waals surface area contributed by atoms with E-state index in [1.165, 1.54) is 12.0 Å². The second-order valence-corrected chi connectivity index (χ2v) is 5.56. The van der Waals surface area contributed by atoms with Gasteiger partial charge in [-0.15, -0.1) is 0 Å². The molecule has 1 aliphatic rings. The van der Waals surface area contributed by atoms with Crippen LogP contribution in [-0.4, -0.2) is 58.7 Å². The van der Waals surface area contributed by atoms with Crippen molar-refractivity contribution < 1.29 is 5.11 Å². The predicted molar refractivity (Wildman–Crippen MR) is 76.8 cm³/mol. The number of nitrogens with zero attached hydrogens (tertiary/aromatic N) is 3. The third-order valence-electron chi connectivity index (χ3n) is 4.22. The van der Waals surface area contributed by atoms with Crippen LogP contribution in [0, 0.1) is 0 Å². The average Bonchev–Trinajstić information content (AvgIpc) is 2.55. The fraction of sp³-hybridized carbons (Fsp3) is 0.667. The minimum atomic E-state index is 0.269. The van der Waals surface area contributed by atoms with Gasteiger partial charge in [-0.25, -0.2) is 0 Å². The molecule has 4 heteroatoms. The molecule has 1 saturated heterocycles. The second kappa shape index (κ2) is 6.98. The highest BCUT2D eigenvalue weighted by molar-refractivity contribution is 5.09. The molecule has 1 fully saturated rings. The van der Waals surface area contributed by atoms with Crippen molar-refractivity contribution in [2.75, 3.05) is 26.7 Å². The van der Waals surface area contributed by atoms with Crippen LogP contribution in [-0.2, 0) is 6.54 Å². The lowest BCUT2D eigenvalue weighted by Gasteiger charge is -2.31. The van der Waals surface area contributed by atoms with Crippen molar-refractivity contribution >= 4 is 0 Å². The van der Waals surface area contributed by atoms with Crippen LogP contribution >= 0.6 is 0 Å². The van der Waals surface area contributed by atoms with Crippen LogP contribution in [0.2, 0.25) is 0 Å². The average molecular weight is 263 g/mol. The van der Waals surface area contributed by atoms with Crippen LogP contribution < -0.4 is 0 Å². The first kappa shape index (κ1) is 14.4. The van der Waals surface area contributed by atoms with Crippen LogP contribution in [0.5, 0.6) is 0 Å².